The molecule has 1 heterocycles. The zero-order valence-corrected chi connectivity index (χ0v) is 11.8. The average Bonchev–Trinajstić information content (AvgIpc) is 2.37. The fourth-order valence-electron chi connectivity index (χ4n) is 1.72. The van der Waals surface area contributed by atoms with E-state index in [0.29, 0.717) is 12.2 Å². The van der Waals surface area contributed by atoms with Gasteiger partial charge in [-0.1, -0.05) is 20.8 Å². The van der Waals surface area contributed by atoms with Crippen molar-refractivity contribution >= 4 is 11.8 Å². The van der Waals surface area contributed by atoms with Crippen molar-refractivity contribution in [2.75, 3.05) is 19.0 Å². The second kappa shape index (κ2) is 6.47. The highest BCUT2D eigenvalue weighted by molar-refractivity contribution is 5.94. The first-order valence-electron chi connectivity index (χ1n) is 6.16. The van der Waals surface area contributed by atoms with Gasteiger partial charge in [0, 0.05) is 18.8 Å². The van der Waals surface area contributed by atoms with Gasteiger partial charge in [-0.25, -0.2) is 14.8 Å². The van der Waals surface area contributed by atoms with Gasteiger partial charge in [-0.2, -0.15) is 0 Å². The molecular weight excluding hydrogens is 246 g/mol. The number of nitrogens with zero attached hydrogens (tertiary/aromatic N) is 2. The Bertz CT molecular complexity index is 429. The standard InChI is InChI=1S/C13H21N3O3/c1-13(2,3)10(5-6-17)16-11-9(12(18)19-4)7-14-8-15-11/h7-8,10,17H,5-6H2,1-4H3,(H,14,15,16). The quantitative estimate of drug-likeness (QED) is 0.786. The third-order valence-corrected chi connectivity index (χ3v) is 2.89. The van der Waals surface area contributed by atoms with Crippen molar-refractivity contribution in [2.24, 2.45) is 5.41 Å². The van der Waals surface area contributed by atoms with Gasteiger partial charge in [0.2, 0.25) is 0 Å². The number of carbonyl (C=O) groups excluding carboxylic acids is 1. The van der Waals surface area contributed by atoms with Crippen LogP contribution in [-0.2, 0) is 4.74 Å². The molecule has 0 aliphatic heterocycles. The third-order valence-electron chi connectivity index (χ3n) is 2.89. The smallest absolute Gasteiger partial charge is 0.343 e. The van der Waals surface area contributed by atoms with Gasteiger partial charge >= 0.3 is 5.97 Å². The molecule has 1 aromatic heterocycles. The zero-order chi connectivity index (χ0) is 14.5. The van der Waals surface area contributed by atoms with Crippen molar-refractivity contribution in [1.29, 1.82) is 0 Å². The summed E-state index contributed by atoms with van der Waals surface area (Å²) in [6.45, 7) is 6.23. The summed E-state index contributed by atoms with van der Waals surface area (Å²) in [5.41, 5.74) is 0.207. The van der Waals surface area contributed by atoms with Crippen molar-refractivity contribution in [3.8, 4) is 0 Å². The number of aliphatic hydroxyl groups is 1. The lowest BCUT2D eigenvalue weighted by Crippen LogP contribution is -2.35. The highest BCUT2D eigenvalue weighted by Crippen LogP contribution is 2.26. The molecule has 106 valence electrons. The molecule has 0 aliphatic rings. The first-order chi connectivity index (χ1) is 8.90. The van der Waals surface area contributed by atoms with Crippen molar-refractivity contribution in [3.63, 3.8) is 0 Å². The maximum absolute atomic E-state index is 11.6. The van der Waals surface area contributed by atoms with E-state index in [-0.39, 0.29) is 23.6 Å². The summed E-state index contributed by atoms with van der Waals surface area (Å²) in [5.74, 6) is -0.0602. The van der Waals surface area contributed by atoms with Crippen LogP contribution >= 0.6 is 0 Å². The molecule has 0 bridgehead atoms. The SMILES string of the molecule is COC(=O)c1cncnc1NC(CCO)C(C)(C)C. The van der Waals surface area contributed by atoms with Crippen LogP contribution in [0.4, 0.5) is 5.82 Å². The first kappa shape index (κ1) is 15.4. The van der Waals surface area contributed by atoms with E-state index >= 15 is 0 Å². The predicted molar refractivity (Wildman–Crippen MR) is 71.9 cm³/mol. The molecule has 0 aromatic carbocycles. The average molecular weight is 267 g/mol. The third kappa shape index (κ3) is 4.17. The summed E-state index contributed by atoms with van der Waals surface area (Å²) in [7, 11) is 1.31. The van der Waals surface area contributed by atoms with Crippen molar-refractivity contribution in [3.05, 3.63) is 18.1 Å². The van der Waals surface area contributed by atoms with Gasteiger partial charge in [-0.05, 0) is 11.8 Å². The molecule has 1 unspecified atom stereocenters. The number of nitrogens with one attached hydrogen (secondary N) is 1. The molecule has 0 saturated heterocycles. The molecule has 1 aromatic rings. The van der Waals surface area contributed by atoms with Gasteiger partial charge in [0.1, 0.15) is 17.7 Å². The number of hydrogen-bond acceptors (Lipinski definition) is 6. The van der Waals surface area contributed by atoms with Crippen LogP contribution in [0.15, 0.2) is 12.5 Å². The molecule has 0 fully saturated rings. The predicted octanol–water partition coefficient (Wildman–Crippen LogP) is 1.47. The van der Waals surface area contributed by atoms with Crippen molar-refractivity contribution in [1.82, 2.24) is 9.97 Å². The van der Waals surface area contributed by atoms with E-state index in [1.54, 1.807) is 0 Å². The van der Waals surface area contributed by atoms with Gasteiger partial charge in [0.15, 0.2) is 0 Å². The number of anilines is 1. The number of carbonyl (C=O) groups is 1. The topological polar surface area (TPSA) is 84.3 Å². The molecule has 6 heteroatoms. The van der Waals surface area contributed by atoms with Gasteiger partial charge < -0.3 is 15.2 Å². The molecular formula is C13H21N3O3. The second-order valence-electron chi connectivity index (χ2n) is 5.35. The van der Waals surface area contributed by atoms with Gasteiger partial charge in [-0.15, -0.1) is 0 Å². The Kier molecular flexibility index (Phi) is 5.23. The Hall–Kier alpha value is -1.69. The summed E-state index contributed by atoms with van der Waals surface area (Å²) < 4.78 is 4.70. The highest BCUT2D eigenvalue weighted by Gasteiger charge is 2.26. The van der Waals surface area contributed by atoms with E-state index in [1.807, 2.05) is 0 Å². The molecule has 0 aliphatic carbocycles. The number of methoxy groups -OCH3 is 1. The van der Waals surface area contributed by atoms with Crippen molar-refractivity contribution in [2.45, 2.75) is 33.2 Å². The molecule has 0 amide bonds. The molecule has 1 rings (SSSR count). The monoisotopic (exact) mass is 267 g/mol. The second-order valence-corrected chi connectivity index (χ2v) is 5.35. The summed E-state index contributed by atoms with van der Waals surface area (Å²) >= 11 is 0. The maximum Gasteiger partial charge on any atom is 0.343 e. The van der Waals surface area contributed by atoms with E-state index < -0.39 is 5.97 Å². The summed E-state index contributed by atoms with van der Waals surface area (Å²) in [5, 5.41) is 12.3. The van der Waals surface area contributed by atoms with E-state index in [1.165, 1.54) is 19.6 Å². The lowest BCUT2D eigenvalue weighted by Gasteiger charge is -2.31. The van der Waals surface area contributed by atoms with E-state index in [2.05, 4.69) is 36.1 Å². The minimum absolute atomic E-state index is 0.0178. The number of aromatic nitrogens is 2. The van der Waals surface area contributed by atoms with Gasteiger partial charge in [-0.3, -0.25) is 0 Å². The number of aliphatic hydroxyl groups excluding tert-OH is 1. The molecule has 0 radical (unpaired) electrons. The minimum atomic E-state index is -0.486. The zero-order valence-electron chi connectivity index (χ0n) is 11.8. The molecule has 0 saturated carbocycles. The highest BCUT2D eigenvalue weighted by atomic mass is 16.5. The molecule has 2 N–H and O–H groups in total. The number of esters is 1. The lowest BCUT2D eigenvalue weighted by atomic mass is 9.85. The van der Waals surface area contributed by atoms with Crippen LogP contribution in [-0.4, -0.2) is 40.8 Å². The fourth-order valence-corrected chi connectivity index (χ4v) is 1.72. The van der Waals surface area contributed by atoms with Gasteiger partial charge in [0.05, 0.1) is 7.11 Å². The Balaban J connectivity index is 3.00. The van der Waals surface area contributed by atoms with Crippen LogP contribution in [0.25, 0.3) is 0 Å². The van der Waals surface area contributed by atoms with E-state index in [0.717, 1.165) is 0 Å². The Morgan fingerprint density at radius 1 is 1.53 bits per heavy atom. The minimum Gasteiger partial charge on any atom is -0.465 e. The van der Waals surface area contributed by atoms with Crippen LogP contribution in [0.2, 0.25) is 0 Å². The number of rotatable bonds is 5. The summed E-state index contributed by atoms with van der Waals surface area (Å²) in [4.78, 5) is 19.5. The first-order valence-corrected chi connectivity index (χ1v) is 6.16. The Morgan fingerprint density at radius 3 is 2.74 bits per heavy atom. The maximum atomic E-state index is 11.6. The largest absolute Gasteiger partial charge is 0.465 e. The van der Waals surface area contributed by atoms with Crippen LogP contribution in [0.1, 0.15) is 37.6 Å². The Labute approximate surface area is 113 Å². The summed E-state index contributed by atoms with van der Waals surface area (Å²) in [6, 6.07) is -0.0178. The van der Waals surface area contributed by atoms with Gasteiger partial charge in [0.25, 0.3) is 0 Å². The van der Waals surface area contributed by atoms with Crippen LogP contribution in [0.3, 0.4) is 0 Å². The summed E-state index contributed by atoms with van der Waals surface area (Å²) in [6.07, 6.45) is 3.35. The Morgan fingerprint density at radius 2 is 2.21 bits per heavy atom. The number of ether oxygens (including phenoxy) is 1. The van der Waals surface area contributed by atoms with Crippen LogP contribution in [0.5, 0.6) is 0 Å². The molecule has 0 spiro atoms. The molecule has 1 atom stereocenters. The lowest BCUT2D eigenvalue weighted by molar-refractivity contribution is 0.0600. The molecule has 6 nitrogen and oxygen atoms in total. The number of hydrogen-bond donors (Lipinski definition) is 2. The van der Waals surface area contributed by atoms with Crippen LogP contribution in [0, 0.1) is 5.41 Å². The van der Waals surface area contributed by atoms with Crippen LogP contribution < -0.4 is 5.32 Å². The van der Waals surface area contributed by atoms with Crippen molar-refractivity contribution < 1.29 is 14.6 Å². The van der Waals surface area contributed by atoms with E-state index in [4.69, 9.17) is 9.84 Å². The van der Waals surface area contributed by atoms with E-state index in [9.17, 15) is 4.79 Å². The molecule has 19 heavy (non-hydrogen) atoms. The fraction of sp³-hybridized carbons (Fsp3) is 0.615. The normalized spacial score (nSPS) is 12.9.